The first kappa shape index (κ1) is 16.1. The van der Waals surface area contributed by atoms with Gasteiger partial charge < -0.3 is 9.40 Å². The SMILES string of the molecule is CC1(C)C2CC=C(CN3CCc4nc(-c5ccco5)[nH]c(=O)c4C3)C1C2. The van der Waals surface area contributed by atoms with Gasteiger partial charge in [-0.3, -0.25) is 9.69 Å². The van der Waals surface area contributed by atoms with Crippen LogP contribution in [0.5, 0.6) is 0 Å². The first-order valence-corrected chi connectivity index (χ1v) is 9.59. The number of nitrogens with one attached hydrogen (secondary N) is 1. The van der Waals surface area contributed by atoms with Gasteiger partial charge in [-0.15, -0.1) is 0 Å². The Morgan fingerprint density at radius 1 is 1.42 bits per heavy atom. The van der Waals surface area contributed by atoms with Crippen molar-refractivity contribution in [1.82, 2.24) is 14.9 Å². The quantitative estimate of drug-likeness (QED) is 0.861. The number of fused-ring (bicyclic) bond motifs is 2. The van der Waals surface area contributed by atoms with Crippen LogP contribution in [0.25, 0.3) is 11.6 Å². The van der Waals surface area contributed by atoms with Crippen molar-refractivity contribution in [2.45, 2.75) is 39.7 Å². The largest absolute Gasteiger partial charge is 0.461 e. The summed E-state index contributed by atoms with van der Waals surface area (Å²) in [5.74, 6) is 2.73. The lowest BCUT2D eigenvalue weighted by molar-refractivity contribution is -0.0110. The van der Waals surface area contributed by atoms with Crippen LogP contribution in [0.2, 0.25) is 0 Å². The summed E-state index contributed by atoms with van der Waals surface area (Å²) in [6.45, 7) is 7.45. The van der Waals surface area contributed by atoms with Crippen LogP contribution in [-0.2, 0) is 13.0 Å². The van der Waals surface area contributed by atoms with E-state index in [4.69, 9.17) is 4.42 Å². The molecule has 2 aromatic heterocycles. The zero-order chi connectivity index (χ0) is 17.9. The van der Waals surface area contributed by atoms with Crippen molar-refractivity contribution in [3.8, 4) is 11.6 Å². The highest BCUT2D eigenvalue weighted by Gasteiger charge is 2.51. The average Bonchev–Trinajstić information content (AvgIpc) is 3.17. The van der Waals surface area contributed by atoms with Crippen molar-refractivity contribution in [1.29, 1.82) is 0 Å². The van der Waals surface area contributed by atoms with E-state index in [0.29, 0.717) is 23.5 Å². The minimum absolute atomic E-state index is 0.0345. The van der Waals surface area contributed by atoms with Crippen LogP contribution in [0.15, 0.2) is 39.3 Å². The lowest BCUT2D eigenvalue weighted by Crippen LogP contribution is -2.50. The van der Waals surface area contributed by atoms with E-state index in [1.165, 1.54) is 12.8 Å². The van der Waals surface area contributed by atoms with Gasteiger partial charge in [0.15, 0.2) is 11.6 Å². The Balaban J connectivity index is 1.36. The molecule has 5 nitrogen and oxygen atoms in total. The monoisotopic (exact) mass is 351 g/mol. The molecule has 6 rings (SSSR count). The van der Waals surface area contributed by atoms with E-state index in [1.54, 1.807) is 17.9 Å². The highest BCUT2D eigenvalue weighted by atomic mass is 16.3. The molecular formula is C21H25N3O2. The second kappa shape index (κ2) is 5.68. The molecule has 0 amide bonds. The maximum Gasteiger partial charge on any atom is 0.256 e. The molecule has 0 aromatic carbocycles. The second-order valence-corrected chi connectivity index (χ2v) is 8.60. The standard InChI is InChI=1S/C21H25N3O2/c1-21(2)14-6-5-13(16(21)10-14)11-24-8-7-17-15(12-24)20(25)23-19(22-17)18-4-3-9-26-18/h3-5,9,14,16H,6-8,10-12H2,1-2H3,(H,22,23,25). The summed E-state index contributed by atoms with van der Waals surface area (Å²) in [7, 11) is 0. The number of allylic oxidation sites excluding steroid dienone is 1. The summed E-state index contributed by atoms with van der Waals surface area (Å²) in [5.41, 5.74) is 3.73. The third-order valence-electron chi connectivity index (χ3n) is 6.89. The van der Waals surface area contributed by atoms with E-state index in [0.717, 1.165) is 42.6 Å². The fraction of sp³-hybridized carbons (Fsp3) is 0.524. The van der Waals surface area contributed by atoms with Crippen molar-refractivity contribution < 1.29 is 4.42 Å². The van der Waals surface area contributed by atoms with Gasteiger partial charge in [-0.05, 0) is 42.2 Å². The van der Waals surface area contributed by atoms with Gasteiger partial charge in [-0.25, -0.2) is 4.98 Å². The summed E-state index contributed by atoms with van der Waals surface area (Å²) in [6.07, 6.45) is 7.44. The predicted molar refractivity (Wildman–Crippen MR) is 99.6 cm³/mol. The molecule has 1 aliphatic heterocycles. The van der Waals surface area contributed by atoms with Crippen LogP contribution in [0, 0.1) is 17.3 Å². The van der Waals surface area contributed by atoms with Gasteiger partial charge in [0.05, 0.1) is 17.5 Å². The zero-order valence-corrected chi connectivity index (χ0v) is 15.4. The first-order valence-electron chi connectivity index (χ1n) is 9.59. The van der Waals surface area contributed by atoms with Gasteiger partial charge in [-0.1, -0.05) is 25.5 Å². The number of aromatic nitrogens is 2. The van der Waals surface area contributed by atoms with Crippen molar-refractivity contribution in [3.05, 3.63) is 51.7 Å². The number of rotatable bonds is 3. The highest BCUT2D eigenvalue weighted by Crippen LogP contribution is 2.59. The first-order chi connectivity index (χ1) is 12.5. The third-order valence-corrected chi connectivity index (χ3v) is 6.89. The molecular weight excluding hydrogens is 326 g/mol. The van der Waals surface area contributed by atoms with Crippen molar-refractivity contribution in [3.63, 3.8) is 0 Å². The van der Waals surface area contributed by atoms with Crippen LogP contribution in [0.3, 0.4) is 0 Å². The minimum atomic E-state index is -0.0345. The van der Waals surface area contributed by atoms with E-state index in [-0.39, 0.29) is 5.56 Å². The molecule has 3 aliphatic carbocycles. The topological polar surface area (TPSA) is 62.1 Å². The lowest BCUT2D eigenvalue weighted by atomic mass is 9.49. The Morgan fingerprint density at radius 3 is 3.04 bits per heavy atom. The zero-order valence-electron chi connectivity index (χ0n) is 15.4. The summed E-state index contributed by atoms with van der Waals surface area (Å²) in [4.78, 5) is 22.6. The molecule has 1 saturated carbocycles. The van der Waals surface area contributed by atoms with Crippen molar-refractivity contribution in [2.75, 3.05) is 13.1 Å². The minimum Gasteiger partial charge on any atom is -0.461 e. The molecule has 136 valence electrons. The number of aromatic amines is 1. The van der Waals surface area contributed by atoms with Gasteiger partial charge in [0, 0.05) is 26.1 Å². The summed E-state index contributed by atoms with van der Waals surface area (Å²) in [6, 6.07) is 3.63. The summed E-state index contributed by atoms with van der Waals surface area (Å²) in [5, 5.41) is 0. The molecule has 5 heteroatoms. The predicted octanol–water partition coefficient (Wildman–Crippen LogP) is 3.38. The van der Waals surface area contributed by atoms with E-state index in [2.05, 4.69) is 34.8 Å². The van der Waals surface area contributed by atoms with Crippen LogP contribution in [0.1, 0.15) is 37.9 Å². The Bertz CT molecular complexity index is 923. The second-order valence-electron chi connectivity index (χ2n) is 8.60. The molecule has 3 heterocycles. The molecule has 1 N–H and O–H groups in total. The molecule has 2 bridgehead atoms. The maximum atomic E-state index is 12.6. The normalized spacial score (nSPS) is 26.8. The lowest BCUT2D eigenvalue weighted by Gasteiger charge is -2.57. The smallest absolute Gasteiger partial charge is 0.256 e. The van der Waals surface area contributed by atoms with Crippen LogP contribution >= 0.6 is 0 Å². The maximum absolute atomic E-state index is 12.6. The molecule has 2 unspecified atom stereocenters. The molecule has 2 atom stereocenters. The average molecular weight is 351 g/mol. The van der Waals surface area contributed by atoms with Gasteiger partial charge in [0.2, 0.25) is 0 Å². The number of furan rings is 1. The molecule has 2 aromatic rings. The summed E-state index contributed by atoms with van der Waals surface area (Å²) < 4.78 is 5.37. The van der Waals surface area contributed by atoms with Crippen LogP contribution < -0.4 is 5.56 Å². The van der Waals surface area contributed by atoms with E-state index < -0.39 is 0 Å². The van der Waals surface area contributed by atoms with Crippen LogP contribution in [0.4, 0.5) is 0 Å². The van der Waals surface area contributed by atoms with Gasteiger partial charge in [-0.2, -0.15) is 0 Å². The van der Waals surface area contributed by atoms with Crippen molar-refractivity contribution >= 4 is 0 Å². The van der Waals surface area contributed by atoms with Gasteiger partial charge in [0.1, 0.15) is 0 Å². The summed E-state index contributed by atoms with van der Waals surface area (Å²) >= 11 is 0. The van der Waals surface area contributed by atoms with Crippen LogP contribution in [-0.4, -0.2) is 28.0 Å². The number of hydrogen-bond donors (Lipinski definition) is 1. The molecule has 0 saturated heterocycles. The fourth-order valence-corrected chi connectivity index (χ4v) is 5.06. The van der Waals surface area contributed by atoms with E-state index in [1.807, 2.05) is 6.07 Å². The van der Waals surface area contributed by atoms with E-state index in [9.17, 15) is 4.79 Å². The third kappa shape index (κ3) is 2.41. The molecule has 0 spiro atoms. The van der Waals surface area contributed by atoms with Gasteiger partial charge >= 0.3 is 0 Å². The highest BCUT2D eigenvalue weighted by molar-refractivity contribution is 5.47. The Morgan fingerprint density at radius 2 is 2.31 bits per heavy atom. The molecule has 4 aliphatic rings. The van der Waals surface area contributed by atoms with Crippen molar-refractivity contribution in [2.24, 2.45) is 17.3 Å². The van der Waals surface area contributed by atoms with Gasteiger partial charge in [0.25, 0.3) is 5.56 Å². The Kier molecular flexibility index (Phi) is 3.51. The Labute approximate surface area is 153 Å². The number of H-pyrrole nitrogens is 1. The fourth-order valence-electron chi connectivity index (χ4n) is 5.06. The number of hydrogen-bond acceptors (Lipinski definition) is 4. The molecule has 0 radical (unpaired) electrons. The molecule has 1 fully saturated rings. The Hall–Kier alpha value is -2.14. The van der Waals surface area contributed by atoms with E-state index >= 15 is 0 Å². The number of nitrogens with zero attached hydrogens (tertiary/aromatic N) is 2. The molecule has 26 heavy (non-hydrogen) atoms.